The molecule has 0 saturated heterocycles. The van der Waals surface area contributed by atoms with E-state index in [4.69, 9.17) is 11.6 Å². The van der Waals surface area contributed by atoms with Crippen molar-refractivity contribution in [2.75, 3.05) is 0 Å². The predicted octanol–water partition coefficient (Wildman–Crippen LogP) is 5.00. The van der Waals surface area contributed by atoms with Crippen LogP contribution in [0.15, 0.2) is 18.7 Å². The second kappa shape index (κ2) is 3.84. The highest BCUT2D eigenvalue weighted by molar-refractivity contribution is 6.30. The molecule has 2 heteroatoms. The topological polar surface area (TPSA) is 0 Å². The van der Waals surface area contributed by atoms with Crippen molar-refractivity contribution in [3.05, 3.63) is 40.7 Å². The van der Waals surface area contributed by atoms with Crippen molar-refractivity contribution in [2.24, 2.45) is 5.41 Å². The molecule has 0 radical (unpaired) electrons. The van der Waals surface area contributed by atoms with Gasteiger partial charge in [-0.3, -0.25) is 0 Å². The summed E-state index contributed by atoms with van der Waals surface area (Å²) in [6, 6.07) is 3.31. The van der Waals surface area contributed by atoms with Crippen LogP contribution in [0.5, 0.6) is 0 Å². The Morgan fingerprint density at radius 1 is 1.18 bits per heavy atom. The van der Waals surface area contributed by atoms with E-state index >= 15 is 0 Å². The van der Waals surface area contributed by atoms with Gasteiger partial charge in [-0.15, -0.1) is 0 Å². The fourth-order valence-corrected chi connectivity index (χ4v) is 3.74. The van der Waals surface area contributed by atoms with Gasteiger partial charge in [-0.2, -0.15) is 0 Å². The smallest absolute Gasteiger partial charge is 0.128 e. The standard InChI is InChI=1S/C15H16ClF/c1-10-13-8-11(16)9-14(17)12(13)4-7-15(10)5-2-3-6-15/h8-9H,1-7H2. The number of hydrogen-bond acceptors (Lipinski definition) is 0. The summed E-state index contributed by atoms with van der Waals surface area (Å²) >= 11 is 5.96. The molecule has 0 atom stereocenters. The van der Waals surface area contributed by atoms with E-state index < -0.39 is 0 Å². The molecule has 0 heterocycles. The fourth-order valence-electron chi connectivity index (χ4n) is 3.53. The molecule has 1 fully saturated rings. The van der Waals surface area contributed by atoms with Gasteiger partial charge in [-0.05, 0) is 59.9 Å². The summed E-state index contributed by atoms with van der Waals surface area (Å²) in [5.74, 6) is -0.165. The van der Waals surface area contributed by atoms with E-state index in [-0.39, 0.29) is 11.2 Å². The van der Waals surface area contributed by atoms with E-state index in [0.717, 1.165) is 29.5 Å². The Morgan fingerprint density at radius 3 is 2.59 bits per heavy atom. The molecule has 0 nitrogen and oxygen atoms in total. The average Bonchev–Trinajstić information content (AvgIpc) is 2.74. The van der Waals surface area contributed by atoms with Gasteiger partial charge in [-0.1, -0.05) is 31.0 Å². The Kier molecular flexibility index (Phi) is 2.55. The van der Waals surface area contributed by atoms with Crippen molar-refractivity contribution in [3.8, 4) is 0 Å². The molecular weight excluding hydrogens is 235 g/mol. The van der Waals surface area contributed by atoms with Gasteiger partial charge in [0.25, 0.3) is 0 Å². The van der Waals surface area contributed by atoms with Crippen LogP contribution in [-0.4, -0.2) is 0 Å². The Morgan fingerprint density at radius 2 is 1.88 bits per heavy atom. The predicted molar refractivity (Wildman–Crippen MR) is 69.7 cm³/mol. The van der Waals surface area contributed by atoms with E-state index in [0.29, 0.717) is 5.02 Å². The van der Waals surface area contributed by atoms with Crippen LogP contribution in [0.4, 0.5) is 4.39 Å². The average molecular weight is 251 g/mol. The van der Waals surface area contributed by atoms with E-state index in [1.807, 2.05) is 6.07 Å². The molecule has 0 N–H and O–H groups in total. The molecule has 0 amide bonds. The third-order valence-electron chi connectivity index (χ3n) is 4.54. The van der Waals surface area contributed by atoms with Crippen LogP contribution in [0.1, 0.15) is 43.2 Å². The monoisotopic (exact) mass is 250 g/mol. The summed E-state index contributed by atoms with van der Waals surface area (Å²) in [4.78, 5) is 0. The number of rotatable bonds is 0. The third-order valence-corrected chi connectivity index (χ3v) is 4.76. The van der Waals surface area contributed by atoms with Crippen LogP contribution in [0, 0.1) is 11.2 Å². The summed E-state index contributed by atoms with van der Waals surface area (Å²) in [6.07, 6.45) is 6.85. The molecule has 90 valence electrons. The number of benzene rings is 1. The SMILES string of the molecule is C=C1c2cc(Cl)cc(F)c2CCC12CCCC2. The Bertz CT molecular complexity index is 484. The van der Waals surface area contributed by atoms with Crippen LogP contribution in [-0.2, 0) is 6.42 Å². The molecule has 0 aliphatic heterocycles. The number of halogens is 2. The molecule has 0 aromatic heterocycles. The number of fused-ring (bicyclic) bond motifs is 1. The van der Waals surface area contributed by atoms with Crippen molar-refractivity contribution in [1.82, 2.24) is 0 Å². The fraction of sp³-hybridized carbons (Fsp3) is 0.467. The maximum Gasteiger partial charge on any atom is 0.128 e. The summed E-state index contributed by atoms with van der Waals surface area (Å²) in [5, 5.41) is 0.484. The first-order valence-electron chi connectivity index (χ1n) is 6.30. The van der Waals surface area contributed by atoms with Crippen molar-refractivity contribution in [3.63, 3.8) is 0 Å². The molecule has 2 aliphatic carbocycles. The quantitative estimate of drug-likeness (QED) is 0.608. The highest BCUT2D eigenvalue weighted by atomic mass is 35.5. The van der Waals surface area contributed by atoms with E-state index in [2.05, 4.69) is 6.58 Å². The van der Waals surface area contributed by atoms with Gasteiger partial charge < -0.3 is 0 Å². The second-order valence-electron chi connectivity index (χ2n) is 5.38. The van der Waals surface area contributed by atoms with Crippen molar-refractivity contribution >= 4 is 17.2 Å². The van der Waals surface area contributed by atoms with Gasteiger partial charge in [0.1, 0.15) is 5.82 Å². The molecular formula is C15H16ClF. The van der Waals surface area contributed by atoms with E-state index in [1.54, 1.807) is 0 Å². The zero-order chi connectivity index (χ0) is 12.0. The molecule has 1 aromatic rings. The zero-order valence-electron chi connectivity index (χ0n) is 9.86. The molecule has 17 heavy (non-hydrogen) atoms. The Hall–Kier alpha value is -0.820. The lowest BCUT2D eigenvalue weighted by atomic mass is 9.67. The van der Waals surface area contributed by atoms with Gasteiger partial charge in [0.15, 0.2) is 0 Å². The lowest BCUT2D eigenvalue weighted by molar-refractivity contribution is 0.367. The van der Waals surface area contributed by atoms with Crippen molar-refractivity contribution in [1.29, 1.82) is 0 Å². The molecule has 1 saturated carbocycles. The molecule has 1 spiro atoms. The van der Waals surface area contributed by atoms with Crippen LogP contribution in [0.2, 0.25) is 5.02 Å². The minimum atomic E-state index is -0.165. The highest BCUT2D eigenvalue weighted by Crippen LogP contribution is 2.54. The first-order chi connectivity index (χ1) is 8.12. The lowest BCUT2D eigenvalue weighted by Gasteiger charge is -2.37. The molecule has 3 rings (SSSR count). The van der Waals surface area contributed by atoms with E-state index in [9.17, 15) is 4.39 Å². The second-order valence-corrected chi connectivity index (χ2v) is 5.82. The summed E-state index contributed by atoms with van der Waals surface area (Å²) in [6.45, 7) is 4.25. The van der Waals surface area contributed by atoms with Crippen LogP contribution < -0.4 is 0 Å². The lowest BCUT2D eigenvalue weighted by Crippen LogP contribution is -2.24. The summed E-state index contributed by atoms with van der Waals surface area (Å²) in [5.41, 5.74) is 3.15. The molecule has 1 aromatic carbocycles. The van der Waals surface area contributed by atoms with Gasteiger partial charge in [-0.25, -0.2) is 4.39 Å². The minimum absolute atomic E-state index is 0.165. The Labute approximate surface area is 106 Å². The molecule has 2 aliphatic rings. The minimum Gasteiger partial charge on any atom is -0.207 e. The maximum absolute atomic E-state index is 13.9. The van der Waals surface area contributed by atoms with Gasteiger partial charge in [0.2, 0.25) is 0 Å². The van der Waals surface area contributed by atoms with E-state index in [1.165, 1.54) is 31.7 Å². The van der Waals surface area contributed by atoms with Gasteiger partial charge in [0.05, 0.1) is 0 Å². The normalized spacial score (nSPS) is 21.9. The number of hydrogen-bond donors (Lipinski definition) is 0. The maximum atomic E-state index is 13.9. The van der Waals surface area contributed by atoms with Crippen LogP contribution in [0.25, 0.3) is 5.57 Å². The first-order valence-corrected chi connectivity index (χ1v) is 6.68. The molecule has 0 bridgehead atoms. The summed E-state index contributed by atoms with van der Waals surface area (Å²) in [7, 11) is 0. The van der Waals surface area contributed by atoms with Crippen molar-refractivity contribution in [2.45, 2.75) is 38.5 Å². The molecule has 0 unspecified atom stereocenters. The van der Waals surface area contributed by atoms with Gasteiger partial charge >= 0.3 is 0 Å². The van der Waals surface area contributed by atoms with Crippen molar-refractivity contribution < 1.29 is 4.39 Å². The van der Waals surface area contributed by atoms with Gasteiger partial charge in [0, 0.05) is 5.02 Å². The van der Waals surface area contributed by atoms with Crippen LogP contribution in [0.3, 0.4) is 0 Å². The first kappa shape index (κ1) is 11.3. The third kappa shape index (κ3) is 1.63. The number of allylic oxidation sites excluding steroid dienone is 1. The Balaban J connectivity index is 2.11. The summed E-state index contributed by atoms with van der Waals surface area (Å²) < 4.78 is 13.9. The van der Waals surface area contributed by atoms with Crippen LogP contribution >= 0.6 is 11.6 Å². The largest absolute Gasteiger partial charge is 0.207 e. The zero-order valence-corrected chi connectivity index (χ0v) is 10.6. The highest BCUT2D eigenvalue weighted by Gasteiger charge is 2.40.